The van der Waals surface area contributed by atoms with Crippen LogP contribution in [-0.4, -0.2) is 26.5 Å². The highest BCUT2D eigenvalue weighted by atomic mass is 14.6. The zero-order chi connectivity index (χ0) is 8.81. The number of hydrogen-bond donors (Lipinski definition) is 0. The van der Waals surface area contributed by atoms with Crippen molar-refractivity contribution >= 4 is 12.4 Å². The Kier molecular flexibility index (Phi) is 3.20. The minimum atomic E-state index is 1.11. The third kappa shape index (κ3) is 2.31. The molecule has 62 valence electrons. The molecule has 0 heterocycles. The van der Waals surface area contributed by atoms with E-state index >= 15 is 0 Å². The van der Waals surface area contributed by atoms with E-state index in [9.17, 15) is 0 Å². The van der Waals surface area contributed by atoms with E-state index in [1.807, 2.05) is 36.7 Å². The van der Waals surface area contributed by atoms with Gasteiger partial charge in [-0.2, -0.15) is 0 Å². The second kappa shape index (κ2) is 4.44. The number of hydrogen-bond acceptors (Lipinski definition) is 2. The molecule has 0 aliphatic rings. The SMILES string of the molecule is C/N=C/c1cccc(/C=N/C)c1. The average molecular weight is 160 g/mol. The van der Waals surface area contributed by atoms with Crippen LogP contribution in [0, 0.1) is 0 Å². The van der Waals surface area contributed by atoms with E-state index in [2.05, 4.69) is 9.98 Å². The summed E-state index contributed by atoms with van der Waals surface area (Å²) in [7, 11) is 3.53. The van der Waals surface area contributed by atoms with Gasteiger partial charge in [-0.1, -0.05) is 18.2 Å². The Balaban J connectivity index is 2.95. The molecule has 0 unspecified atom stereocenters. The zero-order valence-electron chi connectivity index (χ0n) is 7.36. The Labute approximate surface area is 72.7 Å². The smallest absolute Gasteiger partial charge is 0.0281 e. The summed E-state index contributed by atoms with van der Waals surface area (Å²) in [5.41, 5.74) is 2.21. The maximum Gasteiger partial charge on any atom is 0.0281 e. The van der Waals surface area contributed by atoms with Crippen molar-refractivity contribution < 1.29 is 0 Å². The van der Waals surface area contributed by atoms with Crippen LogP contribution in [0.2, 0.25) is 0 Å². The Morgan fingerprint density at radius 2 is 1.50 bits per heavy atom. The minimum absolute atomic E-state index is 1.11. The fourth-order valence-electron chi connectivity index (χ4n) is 1.02. The largest absolute Gasteiger partial charge is 0.296 e. The van der Waals surface area contributed by atoms with E-state index in [-0.39, 0.29) is 0 Å². The van der Waals surface area contributed by atoms with Crippen molar-refractivity contribution in [2.24, 2.45) is 9.98 Å². The van der Waals surface area contributed by atoms with Crippen LogP contribution in [0.5, 0.6) is 0 Å². The molecule has 0 bridgehead atoms. The summed E-state index contributed by atoms with van der Waals surface area (Å²) in [5.74, 6) is 0. The molecule has 12 heavy (non-hydrogen) atoms. The van der Waals surface area contributed by atoms with Gasteiger partial charge >= 0.3 is 0 Å². The van der Waals surface area contributed by atoms with Gasteiger partial charge in [-0.25, -0.2) is 0 Å². The Bertz CT molecular complexity index is 273. The zero-order valence-corrected chi connectivity index (χ0v) is 7.36. The molecule has 2 nitrogen and oxygen atoms in total. The van der Waals surface area contributed by atoms with Gasteiger partial charge in [-0.3, -0.25) is 9.98 Å². The van der Waals surface area contributed by atoms with Crippen LogP contribution >= 0.6 is 0 Å². The lowest BCUT2D eigenvalue weighted by Gasteiger charge is -1.94. The molecule has 0 aromatic heterocycles. The molecule has 0 saturated carbocycles. The molecular weight excluding hydrogens is 148 g/mol. The summed E-state index contributed by atoms with van der Waals surface area (Å²) in [4.78, 5) is 7.88. The van der Waals surface area contributed by atoms with Crippen LogP contribution in [0.4, 0.5) is 0 Å². The topological polar surface area (TPSA) is 24.7 Å². The maximum atomic E-state index is 3.94. The Morgan fingerprint density at radius 3 is 1.92 bits per heavy atom. The molecule has 0 amide bonds. The van der Waals surface area contributed by atoms with Gasteiger partial charge < -0.3 is 0 Å². The third-order valence-electron chi connectivity index (χ3n) is 1.47. The van der Waals surface area contributed by atoms with Gasteiger partial charge in [0.25, 0.3) is 0 Å². The molecule has 1 aromatic rings. The van der Waals surface area contributed by atoms with Crippen molar-refractivity contribution in [3.8, 4) is 0 Å². The lowest BCUT2D eigenvalue weighted by atomic mass is 10.1. The van der Waals surface area contributed by atoms with Crippen LogP contribution < -0.4 is 0 Å². The summed E-state index contributed by atoms with van der Waals surface area (Å²) in [6.07, 6.45) is 3.65. The first kappa shape index (κ1) is 8.65. The lowest BCUT2D eigenvalue weighted by molar-refractivity contribution is 1.45. The number of aliphatic imine (C=N–C) groups is 2. The molecule has 0 aliphatic carbocycles. The van der Waals surface area contributed by atoms with Crippen LogP contribution in [0.3, 0.4) is 0 Å². The molecule has 0 saturated heterocycles. The second-order valence-electron chi connectivity index (χ2n) is 2.44. The first-order valence-electron chi connectivity index (χ1n) is 3.81. The summed E-state index contributed by atoms with van der Waals surface area (Å²) < 4.78 is 0. The third-order valence-corrected chi connectivity index (χ3v) is 1.47. The number of benzene rings is 1. The van der Waals surface area contributed by atoms with Crippen molar-refractivity contribution in [3.63, 3.8) is 0 Å². The summed E-state index contributed by atoms with van der Waals surface area (Å²) in [6.45, 7) is 0. The molecule has 0 radical (unpaired) electrons. The lowest BCUT2D eigenvalue weighted by Crippen LogP contribution is -1.85. The van der Waals surface area contributed by atoms with Crippen LogP contribution in [0.15, 0.2) is 34.3 Å². The molecule has 0 aliphatic heterocycles. The van der Waals surface area contributed by atoms with Gasteiger partial charge in [0.2, 0.25) is 0 Å². The first-order chi connectivity index (χ1) is 5.86. The monoisotopic (exact) mass is 160 g/mol. The molecular formula is C10H12N2. The van der Waals surface area contributed by atoms with E-state index < -0.39 is 0 Å². The Morgan fingerprint density at radius 1 is 1.00 bits per heavy atom. The highest BCUT2D eigenvalue weighted by Gasteiger charge is 1.88. The van der Waals surface area contributed by atoms with Crippen molar-refractivity contribution in [1.82, 2.24) is 0 Å². The van der Waals surface area contributed by atoms with Crippen molar-refractivity contribution in [3.05, 3.63) is 35.4 Å². The van der Waals surface area contributed by atoms with E-state index in [0.29, 0.717) is 0 Å². The van der Waals surface area contributed by atoms with E-state index in [1.165, 1.54) is 0 Å². The quantitative estimate of drug-likeness (QED) is 0.589. The van der Waals surface area contributed by atoms with Crippen molar-refractivity contribution in [1.29, 1.82) is 0 Å². The first-order valence-corrected chi connectivity index (χ1v) is 3.81. The summed E-state index contributed by atoms with van der Waals surface area (Å²) >= 11 is 0. The van der Waals surface area contributed by atoms with Gasteiger partial charge in [0.1, 0.15) is 0 Å². The van der Waals surface area contributed by atoms with E-state index in [4.69, 9.17) is 0 Å². The van der Waals surface area contributed by atoms with Gasteiger partial charge in [0, 0.05) is 26.5 Å². The van der Waals surface area contributed by atoms with E-state index in [1.54, 1.807) is 14.1 Å². The van der Waals surface area contributed by atoms with Crippen molar-refractivity contribution in [2.75, 3.05) is 14.1 Å². The van der Waals surface area contributed by atoms with Gasteiger partial charge in [0.15, 0.2) is 0 Å². The van der Waals surface area contributed by atoms with Crippen molar-refractivity contribution in [2.45, 2.75) is 0 Å². The molecule has 2 heteroatoms. The fraction of sp³-hybridized carbons (Fsp3) is 0.200. The highest BCUT2D eigenvalue weighted by Crippen LogP contribution is 2.00. The summed E-state index contributed by atoms with van der Waals surface area (Å²) in [5, 5.41) is 0. The molecule has 0 atom stereocenters. The highest BCUT2D eigenvalue weighted by molar-refractivity contribution is 5.85. The van der Waals surface area contributed by atoms with Crippen LogP contribution in [0.1, 0.15) is 11.1 Å². The Hall–Kier alpha value is -1.44. The number of rotatable bonds is 2. The summed E-state index contributed by atoms with van der Waals surface area (Å²) in [6, 6.07) is 8.06. The molecule has 0 fully saturated rings. The predicted molar refractivity (Wildman–Crippen MR) is 53.5 cm³/mol. The normalized spacial score (nSPS) is 11.5. The van der Waals surface area contributed by atoms with E-state index in [0.717, 1.165) is 11.1 Å². The predicted octanol–water partition coefficient (Wildman–Crippen LogP) is 1.78. The minimum Gasteiger partial charge on any atom is -0.296 e. The second-order valence-corrected chi connectivity index (χ2v) is 2.44. The van der Waals surface area contributed by atoms with Gasteiger partial charge in [0.05, 0.1) is 0 Å². The number of nitrogens with zero attached hydrogens (tertiary/aromatic N) is 2. The molecule has 1 rings (SSSR count). The standard InChI is InChI=1S/C10H12N2/c1-11-7-9-4-3-5-10(6-9)8-12-2/h3-8H,1-2H3/b11-7+,12-8+. The van der Waals surface area contributed by atoms with Gasteiger partial charge in [-0.15, -0.1) is 0 Å². The van der Waals surface area contributed by atoms with Crippen LogP contribution in [0.25, 0.3) is 0 Å². The molecule has 0 N–H and O–H groups in total. The van der Waals surface area contributed by atoms with Gasteiger partial charge in [-0.05, 0) is 17.2 Å². The molecule has 1 aromatic carbocycles. The average Bonchev–Trinajstić information content (AvgIpc) is 2.06. The molecule has 0 spiro atoms. The van der Waals surface area contributed by atoms with Crippen LogP contribution in [-0.2, 0) is 0 Å². The maximum absolute atomic E-state index is 3.94. The fourth-order valence-corrected chi connectivity index (χ4v) is 1.02.